The van der Waals surface area contributed by atoms with Gasteiger partial charge in [-0.05, 0) is 34.8 Å². The molecule has 1 aliphatic rings. The number of ether oxygens (including phenoxy) is 1. The third kappa shape index (κ3) is 1.69. The van der Waals surface area contributed by atoms with E-state index >= 15 is 0 Å². The summed E-state index contributed by atoms with van der Waals surface area (Å²) in [5, 5.41) is 4.14. The Balaban J connectivity index is 2.26. The molecule has 12 heavy (non-hydrogen) atoms. The van der Waals surface area contributed by atoms with Gasteiger partial charge in [0.1, 0.15) is 4.60 Å². The topological polar surface area (TPSA) is 27.1 Å². The van der Waals surface area contributed by atoms with Gasteiger partial charge < -0.3 is 4.74 Å². The minimum atomic E-state index is 0.163. The standard InChI is InChI=1S/C8H11BrN2O/c9-8-1-4-11(10-8)7-2-5-12-6-3-7/h1,4,7H,2-3,5-6H2/i1D,4D. The van der Waals surface area contributed by atoms with E-state index in [0.717, 1.165) is 26.1 Å². The number of aromatic nitrogens is 2. The molecule has 0 saturated carbocycles. The molecule has 2 rings (SSSR count). The quantitative estimate of drug-likeness (QED) is 0.741. The third-order valence-corrected chi connectivity index (χ3v) is 2.36. The van der Waals surface area contributed by atoms with Crippen molar-refractivity contribution in [1.82, 2.24) is 9.78 Å². The average molecular weight is 233 g/mol. The zero-order valence-corrected chi connectivity index (χ0v) is 8.17. The van der Waals surface area contributed by atoms with Crippen LogP contribution in [-0.2, 0) is 4.74 Å². The van der Waals surface area contributed by atoms with E-state index in [9.17, 15) is 0 Å². The highest BCUT2D eigenvalue weighted by Crippen LogP contribution is 2.20. The Morgan fingerprint density at radius 1 is 1.67 bits per heavy atom. The van der Waals surface area contributed by atoms with Crippen LogP contribution in [0.25, 0.3) is 0 Å². The van der Waals surface area contributed by atoms with Gasteiger partial charge in [-0.2, -0.15) is 5.10 Å². The van der Waals surface area contributed by atoms with Gasteiger partial charge in [-0.25, -0.2) is 0 Å². The molecule has 0 atom stereocenters. The molecule has 0 bridgehead atoms. The highest BCUT2D eigenvalue weighted by Gasteiger charge is 2.15. The molecule has 4 heteroatoms. The van der Waals surface area contributed by atoms with Crippen molar-refractivity contribution in [3.63, 3.8) is 0 Å². The van der Waals surface area contributed by atoms with Crippen molar-refractivity contribution in [3.05, 3.63) is 16.8 Å². The first-order chi connectivity index (χ1) is 6.70. The van der Waals surface area contributed by atoms with Gasteiger partial charge in [-0.15, -0.1) is 0 Å². The van der Waals surface area contributed by atoms with Crippen molar-refractivity contribution >= 4 is 15.9 Å². The van der Waals surface area contributed by atoms with Crippen molar-refractivity contribution < 1.29 is 7.48 Å². The Hall–Kier alpha value is -0.350. The lowest BCUT2D eigenvalue weighted by atomic mass is 10.1. The molecule has 1 aliphatic heterocycles. The van der Waals surface area contributed by atoms with Crippen LogP contribution in [0.2, 0.25) is 0 Å². The van der Waals surface area contributed by atoms with Gasteiger partial charge in [-0.1, -0.05) is 0 Å². The molecule has 0 unspecified atom stereocenters. The molecular weight excluding hydrogens is 220 g/mol. The summed E-state index contributed by atoms with van der Waals surface area (Å²) in [7, 11) is 0. The van der Waals surface area contributed by atoms with Crippen LogP contribution in [0.3, 0.4) is 0 Å². The van der Waals surface area contributed by atoms with E-state index in [2.05, 4.69) is 21.0 Å². The Bertz CT molecular complexity index is 336. The Labute approximate surface area is 82.6 Å². The fourth-order valence-corrected chi connectivity index (χ4v) is 1.61. The van der Waals surface area contributed by atoms with Crippen LogP contribution < -0.4 is 0 Å². The molecule has 0 amide bonds. The molecule has 1 saturated heterocycles. The number of hydrogen-bond donors (Lipinski definition) is 0. The van der Waals surface area contributed by atoms with Crippen molar-refractivity contribution in [2.24, 2.45) is 0 Å². The molecule has 0 spiro atoms. The molecule has 0 aromatic carbocycles. The van der Waals surface area contributed by atoms with Crippen LogP contribution in [0.1, 0.15) is 21.6 Å². The van der Waals surface area contributed by atoms with Crippen molar-refractivity contribution in [2.75, 3.05) is 13.2 Å². The fourth-order valence-electron chi connectivity index (χ4n) is 1.35. The van der Waals surface area contributed by atoms with E-state index < -0.39 is 0 Å². The number of hydrogen-bond acceptors (Lipinski definition) is 2. The van der Waals surface area contributed by atoms with Crippen molar-refractivity contribution in [3.8, 4) is 0 Å². The van der Waals surface area contributed by atoms with Gasteiger partial charge >= 0.3 is 0 Å². The summed E-state index contributed by atoms with van der Waals surface area (Å²) in [5.41, 5.74) is 0. The molecule has 2 heterocycles. The average Bonchev–Trinajstić information content (AvgIpc) is 2.47. The van der Waals surface area contributed by atoms with E-state index in [1.54, 1.807) is 4.68 Å². The molecular formula is C8H11BrN2O. The Kier molecular flexibility index (Phi) is 1.84. The molecule has 3 nitrogen and oxygen atoms in total. The largest absolute Gasteiger partial charge is 0.381 e. The van der Waals surface area contributed by atoms with Crippen LogP contribution in [-0.4, -0.2) is 23.0 Å². The van der Waals surface area contributed by atoms with Gasteiger partial charge in [0.05, 0.1) is 8.78 Å². The smallest absolute Gasteiger partial charge is 0.128 e. The number of rotatable bonds is 1. The summed E-state index contributed by atoms with van der Waals surface area (Å²) >= 11 is 3.16. The first-order valence-electron chi connectivity index (χ1n) is 4.99. The van der Waals surface area contributed by atoms with Crippen LogP contribution >= 0.6 is 15.9 Å². The van der Waals surface area contributed by atoms with E-state index in [-0.39, 0.29) is 18.3 Å². The van der Waals surface area contributed by atoms with Gasteiger partial charge in [0.15, 0.2) is 0 Å². The summed E-state index contributed by atoms with van der Waals surface area (Å²) in [5.74, 6) is 0. The normalized spacial score (nSPS) is 22.1. The lowest BCUT2D eigenvalue weighted by molar-refractivity contribution is 0.0661. The zero-order chi connectivity index (χ0) is 10.1. The minimum Gasteiger partial charge on any atom is -0.381 e. The summed E-state index contributed by atoms with van der Waals surface area (Å²) in [6.07, 6.45) is 1.93. The number of nitrogens with zero attached hydrogens (tertiary/aromatic N) is 2. The van der Waals surface area contributed by atoms with Crippen LogP contribution in [0.5, 0.6) is 0 Å². The maximum Gasteiger partial charge on any atom is 0.128 e. The molecule has 66 valence electrons. The minimum absolute atomic E-state index is 0.163. The van der Waals surface area contributed by atoms with Crippen LogP contribution in [0.4, 0.5) is 0 Å². The highest BCUT2D eigenvalue weighted by molar-refractivity contribution is 9.10. The molecule has 1 fully saturated rings. The second kappa shape index (κ2) is 3.58. The second-order valence-corrected chi connectivity index (χ2v) is 3.57. The highest BCUT2D eigenvalue weighted by atomic mass is 79.9. The molecule has 1 aromatic rings. The first-order valence-corrected chi connectivity index (χ1v) is 4.78. The van der Waals surface area contributed by atoms with Gasteiger partial charge in [0.2, 0.25) is 0 Å². The molecule has 1 aromatic heterocycles. The molecule has 0 N–H and O–H groups in total. The maximum absolute atomic E-state index is 7.69. The summed E-state index contributed by atoms with van der Waals surface area (Å²) in [6.45, 7) is 1.43. The van der Waals surface area contributed by atoms with Gasteiger partial charge in [0.25, 0.3) is 0 Å². The predicted octanol–water partition coefficient (Wildman–Crippen LogP) is 2.00. The monoisotopic (exact) mass is 232 g/mol. The lowest BCUT2D eigenvalue weighted by Crippen LogP contribution is -2.19. The lowest BCUT2D eigenvalue weighted by Gasteiger charge is -2.22. The second-order valence-electron chi connectivity index (χ2n) is 2.82. The summed E-state index contributed by atoms with van der Waals surface area (Å²) < 4.78 is 22.5. The summed E-state index contributed by atoms with van der Waals surface area (Å²) in [6, 6.07) is 0.378. The Morgan fingerprint density at radius 2 is 2.42 bits per heavy atom. The van der Waals surface area contributed by atoms with Crippen LogP contribution in [0.15, 0.2) is 16.8 Å². The summed E-state index contributed by atoms with van der Waals surface area (Å²) in [4.78, 5) is 0. The van der Waals surface area contributed by atoms with E-state index in [0.29, 0.717) is 4.60 Å². The van der Waals surface area contributed by atoms with Crippen molar-refractivity contribution in [2.45, 2.75) is 18.9 Å². The predicted molar refractivity (Wildman–Crippen MR) is 49.0 cm³/mol. The van der Waals surface area contributed by atoms with E-state index in [1.165, 1.54) is 0 Å². The molecule has 0 radical (unpaired) electrons. The SMILES string of the molecule is [2H]c1c(Br)nn(C2CCOCC2)c1[2H]. The van der Waals surface area contributed by atoms with Crippen LogP contribution in [0, 0.1) is 0 Å². The van der Waals surface area contributed by atoms with Crippen molar-refractivity contribution in [1.29, 1.82) is 0 Å². The van der Waals surface area contributed by atoms with E-state index in [1.807, 2.05) is 0 Å². The van der Waals surface area contributed by atoms with Gasteiger partial charge in [-0.3, -0.25) is 4.68 Å². The van der Waals surface area contributed by atoms with Gasteiger partial charge in [0, 0.05) is 19.4 Å². The maximum atomic E-state index is 7.69. The number of halogens is 1. The molecule has 0 aliphatic carbocycles. The zero-order valence-electron chi connectivity index (χ0n) is 8.59. The third-order valence-electron chi connectivity index (χ3n) is 2.01. The fraction of sp³-hybridized carbons (Fsp3) is 0.625. The first kappa shape index (κ1) is 6.16. The Morgan fingerprint density at radius 3 is 3.00 bits per heavy atom. The van der Waals surface area contributed by atoms with E-state index in [4.69, 9.17) is 7.48 Å².